The monoisotopic (exact) mass is 148 g/mol. The van der Waals surface area contributed by atoms with Crippen LogP contribution in [0.25, 0.3) is 5.53 Å². The van der Waals surface area contributed by atoms with E-state index < -0.39 is 0 Å². The number of hydrogen-bond acceptors (Lipinski definition) is 1. The van der Waals surface area contributed by atoms with Gasteiger partial charge in [-0.2, -0.15) is 4.79 Å². The summed E-state index contributed by atoms with van der Waals surface area (Å²) in [4.78, 5) is 13.9. The number of carbonyl (C=O) groups excluding carboxylic acids is 1. The largest absolute Gasteiger partial charge is 0.361 e. The number of rotatable bonds is 1. The molecule has 0 heterocycles. The van der Waals surface area contributed by atoms with Crippen molar-refractivity contribution in [3.63, 3.8) is 0 Å². The zero-order valence-electron chi connectivity index (χ0n) is 6.19. The maximum atomic E-state index is 10.9. The van der Waals surface area contributed by atoms with E-state index in [1.807, 2.05) is 0 Å². The van der Waals surface area contributed by atoms with Crippen LogP contribution in [0.2, 0.25) is 0 Å². The Morgan fingerprint density at radius 2 is 2.36 bits per heavy atom. The van der Waals surface area contributed by atoms with Crippen molar-refractivity contribution in [1.29, 1.82) is 0 Å². The number of carbonyl (C=O) groups is 1. The van der Waals surface area contributed by atoms with Gasteiger partial charge in [-0.25, -0.2) is 0 Å². The zero-order valence-corrected chi connectivity index (χ0v) is 6.19. The Bertz CT molecular complexity index is 282. The standard InChI is InChI=1S/C8H8N2O/c1-6(11)7-4-2-3-5-8(7)10-9/h2-5,7H,1H3. The van der Waals surface area contributed by atoms with Gasteiger partial charge in [-0.3, -0.25) is 4.79 Å². The molecule has 0 saturated carbocycles. The smallest absolute Gasteiger partial charge is 0.306 e. The van der Waals surface area contributed by atoms with Crippen molar-refractivity contribution >= 4 is 11.5 Å². The molecule has 1 atom stereocenters. The van der Waals surface area contributed by atoms with Gasteiger partial charge in [0.05, 0.1) is 0 Å². The molecule has 0 N–H and O–H groups in total. The Hall–Kier alpha value is -1.47. The maximum absolute atomic E-state index is 10.9. The molecule has 0 fully saturated rings. The summed E-state index contributed by atoms with van der Waals surface area (Å²) < 4.78 is 0. The van der Waals surface area contributed by atoms with Gasteiger partial charge in [-0.15, -0.1) is 0 Å². The van der Waals surface area contributed by atoms with E-state index in [4.69, 9.17) is 5.53 Å². The molecule has 0 aromatic heterocycles. The summed E-state index contributed by atoms with van der Waals surface area (Å²) in [6, 6.07) is 0. The van der Waals surface area contributed by atoms with Crippen LogP contribution in [0, 0.1) is 5.92 Å². The van der Waals surface area contributed by atoms with Gasteiger partial charge in [0.2, 0.25) is 0 Å². The first-order chi connectivity index (χ1) is 5.25. The van der Waals surface area contributed by atoms with Gasteiger partial charge in [0.25, 0.3) is 0 Å². The van der Waals surface area contributed by atoms with E-state index in [9.17, 15) is 4.79 Å². The Labute approximate surface area is 64.7 Å². The molecule has 56 valence electrons. The lowest BCUT2D eigenvalue weighted by molar-refractivity contribution is -0.118. The van der Waals surface area contributed by atoms with E-state index in [0.29, 0.717) is 5.71 Å². The minimum absolute atomic E-state index is 0.0154. The molecule has 1 rings (SSSR count). The summed E-state index contributed by atoms with van der Waals surface area (Å²) in [6.45, 7) is 1.47. The number of allylic oxidation sites excluding steroid dienone is 4. The predicted molar refractivity (Wildman–Crippen MR) is 41.1 cm³/mol. The molecule has 3 heteroatoms. The summed E-state index contributed by atoms with van der Waals surface area (Å²) in [7, 11) is 0. The molecule has 0 aliphatic heterocycles. The van der Waals surface area contributed by atoms with Crippen molar-refractivity contribution in [2.24, 2.45) is 5.92 Å². The van der Waals surface area contributed by atoms with E-state index in [2.05, 4.69) is 4.79 Å². The van der Waals surface area contributed by atoms with E-state index >= 15 is 0 Å². The van der Waals surface area contributed by atoms with Crippen LogP contribution in [0.1, 0.15) is 6.92 Å². The number of Topliss-reactive ketones (excluding diaryl/α,β-unsaturated/α-hetero) is 1. The highest BCUT2D eigenvalue weighted by Crippen LogP contribution is 2.08. The van der Waals surface area contributed by atoms with Crippen LogP contribution in [-0.2, 0) is 4.79 Å². The molecule has 1 aliphatic carbocycles. The van der Waals surface area contributed by atoms with Gasteiger partial charge >= 0.3 is 5.71 Å². The normalized spacial score (nSPS) is 21.5. The van der Waals surface area contributed by atoms with E-state index in [-0.39, 0.29) is 11.7 Å². The fourth-order valence-corrected chi connectivity index (χ4v) is 0.971. The van der Waals surface area contributed by atoms with E-state index in [1.165, 1.54) is 6.92 Å². The highest BCUT2D eigenvalue weighted by molar-refractivity contribution is 6.09. The van der Waals surface area contributed by atoms with E-state index in [1.54, 1.807) is 24.3 Å². The van der Waals surface area contributed by atoms with Crippen LogP contribution < -0.4 is 0 Å². The summed E-state index contributed by atoms with van der Waals surface area (Å²) in [6.07, 6.45) is 6.82. The van der Waals surface area contributed by atoms with Crippen LogP contribution in [0.5, 0.6) is 0 Å². The Morgan fingerprint density at radius 3 is 2.82 bits per heavy atom. The van der Waals surface area contributed by atoms with Crippen LogP contribution in [0.15, 0.2) is 24.3 Å². The third-order valence-electron chi connectivity index (χ3n) is 1.55. The molecule has 1 unspecified atom stereocenters. The second-order valence-corrected chi connectivity index (χ2v) is 2.36. The van der Waals surface area contributed by atoms with Crippen molar-refractivity contribution in [2.75, 3.05) is 0 Å². The Morgan fingerprint density at radius 1 is 1.64 bits per heavy atom. The molecule has 0 bridgehead atoms. The number of ketones is 1. The number of hydrogen-bond donors (Lipinski definition) is 0. The highest BCUT2D eigenvalue weighted by atomic mass is 16.1. The van der Waals surface area contributed by atoms with E-state index in [0.717, 1.165) is 0 Å². The van der Waals surface area contributed by atoms with Crippen molar-refractivity contribution in [3.05, 3.63) is 29.8 Å². The molecule has 3 nitrogen and oxygen atoms in total. The molecular weight excluding hydrogens is 140 g/mol. The van der Waals surface area contributed by atoms with Gasteiger partial charge in [-0.05, 0) is 6.92 Å². The third kappa shape index (κ3) is 1.51. The summed E-state index contributed by atoms with van der Waals surface area (Å²) in [5, 5.41) is 0. The second kappa shape index (κ2) is 3.08. The van der Waals surface area contributed by atoms with Gasteiger partial charge in [-0.1, -0.05) is 18.2 Å². The molecular formula is C8H8N2O. The molecule has 11 heavy (non-hydrogen) atoms. The second-order valence-electron chi connectivity index (χ2n) is 2.36. The van der Waals surface area contributed by atoms with Gasteiger partial charge in [0, 0.05) is 6.08 Å². The van der Waals surface area contributed by atoms with Gasteiger partial charge in [0.15, 0.2) is 0 Å². The molecule has 0 aromatic rings. The maximum Gasteiger partial charge on any atom is 0.306 e. The fourth-order valence-electron chi connectivity index (χ4n) is 0.971. The van der Waals surface area contributed by atoms with Crippen molar-refractivity contribution < 1.29 is 9.58 Å². The van der Waals surface area contributed by atoms with Crippen LogP contribution in [-0.4, -0.2) is 16.3 Å². The minimum atomic E-state index is -0.370. The predicted octanol–water partition coefficient (Wildman–Crippen LogP) is 0.988. The Balaban J connectivity index is 2.97. The molecule has 0 aromatic carbocycles. The lowest BCUT2D eigenvalue weighted by Gasteiger charge is -2.02. The van der Waals surface area contributed by atoms with Crippen molar-refractivity contribution in [2.45, 2.75) is 6.92 Å². The average Bonchev–Trinajstić information content (AvgIpc) is 2.04. The van der Waals surface area contributed by atoms with Crippen LogP contribution >= 0.6 is 0 Å². The fraction of sp³-hybridized carbons (Fsp3) is 0.250. The number of nitrogens with zero attached hydrogens (tertiary/aromatic N) is 2. The summed E-state index contributed by atoms with van der Waals surface area (Å²) >= 11 is 0. The lowest BCUT2D eigenvalue weighted by atomic mass is 9.95. The first kappa shape index (κ1) is 7.63. The SMILES string of the molecule is CC(=O)C1C=CC=CC1=[N+]=[N-]. The highest BCUT2D eigenvalue weighted by Gasteiger charge is 2.23. The van der Waals surface area contributed by atoms with Crippen LogP contribution in [0.4, 0.5) is 0 Å². The zero-order chi connectivity index (χ0) is 8.27. The summed E-state index contributed by atoms with van der Waals surface area (Å²) in [5.74, 6) is -0.386. The molecule has 0 spiro atoms. The van der Waals surface area contributed by atoms with Crippen LogP contribution in [0.3, 0.4) is 0 Å². The molecule has 0 radical (unpaired) electrons. The molecule has 0 saturated heterocycles. The average molecular weight is 148 g/mol. The summed E-state index contributed by atoms with van der Waals surface area (Å²) in [5.41, 5.74) is 8.86. The molecule has 0 amide bonds. The third-order valence-corrected chi connectivity index (χ3v) is 1.55. The van der Waals surface area contributed by atoms with Gasteiger partial charge < -0.3 is 5.53 Å². The topological polar surface area (TPSA) is 53.5 Å². The lowest BCUT2D eigenvalue weighted by Crippen LogP contribution is -2.20. The first-order valence-electron chi connectivity index (χ1n) is 3.33. The quantitative estimate of drug-likeness (QED) is 0.404. The van der Waals surface area contributed by atoms with Crippen molar-refractivity contribution in [1.82, 2.24) is 0 Å². The Kier molecular flexibility index (Phi) is 2.14. The minimum Gasteiger partial charge on any atom is -0.361 e. The first-order valence-corrected chi connectivity index (χ1v) is 3.33. The van der Waals surface area contributed by atoms with Gasteiger partial charge in [0.1, 0.15) is 11.7 Å². The molecule has 1 aliphatic rings. The van der Waals surface area contributed by atoms with Crippen molar-refractivity contribution in [3.8, 4) is 0 Å².